The smallest absolute Gasteiger partial charge is 0.129 e. The summed E-state index contributed by atoms with van der Waals surface area (Å²) in [5.74, 6) is -1.16. The fourth-order valence-electron chi connectivity index (χ4n) is 1.33. The van der Waals surface area contributed by atoms with Crippen LogP contribution in [0.25, 0.3) is 0 Å². The van der Waals surface area contributed by atoms with Gasteiger partial charge in [0.15, 0.2) is 0 Å². The van der Waals surface area contributed by atoms with Crippen LogP contribution in [0.4, 0.5) is 8.78 Å². The van der Waals surface area contributed by atoms with Crippen LogP contribution in [0.2, 0.25) is 0 Å². The lowest BCUT2D eigenvalue weighted by Gasteiger charge is -2.19. The second-order valence-electron chi connectivity index (χ2n) is 3.90. The zero-order valence-corrected chi connectivity index (χ0v) is 8.85. The van der Waals surface area contributed by atoms with E-state index in [9.17, 15) is 8.78 Å². The van der Waals surface area contributed by atoms with Crippen molar-refractivity contribution in [2.75, 3.05) is 0 Å². The fraction of sp³-hybridized carbons (Fsp3) is 0.417. The summed E-state index contributed by atoms with van der Waals surface area (Å²) in [4.78, 5) is 0. The minimum absolute atomic E-state index is 0.00315. The zero-order valence-electron chi connectivity index (χ0n) is 8.85. The normalized spacial score (nSPS) is 14.3. The minimum Gasteiger partial charge on any atom is -0.207 e. The van der Waals surface area contributed by atoms with Crippen LogP contribution >= 0.6 is 0 Å². The molecule has 0 fully saturated rings. The lowest BCUT2D eigenvalue weighted by molar-refractivity contribution is 0.402. The van der Waals surface area contributed by atoms with Gasteiger partial charge in [-0.05, 0) is 31.9 Å². The van der Waals surface area contributed by atoms with E-state index in [2.05, 4.69) is 6.07 Å². The molecule has 15 heavy (non-hydrogen) atoms. The highest BCUT2D eigenvalue weighted by atomic mass is 19.1. The maximum atomic E-state index is 13.3. The molecule has 0 radical (unpaired) electrons. The monoisotopic (exact) mass is 209 g/mol. The summed E-state index contributed by atoms with van der Waals surface area (Å²) in [6.45, 7) is 3.54. The second kappa shape index (κ2) is 4.39. The van der Waals surface area contributed by atoms with Gasteiger partial charge in [0.25, 0.3) is 0 Å². The van der Waals surface area contributed by atoms with Gasteiger partial charge in [-0.2, -0.15) is 5.26 Å². The van der Waals surface area contributed by atoms with E-state index < -0.39 is 17.0 Å². The molecule has 0 aliphatic rings. The van der Waals surface area contributed by atoms with Crippen molar-refractivity contribution in [1.82, 2.24) is 0 Å². The van der Waals surface area contributed by atoms with Gasteiger partial charge in [0, 0.05) is 5.56 Å². The maximum absolute atomic E-state index is 13.3. The number of hydrogen-bond acceptors (Lipinski definition) is 1. The number of benzene rings is 1. The van der Waals surface area contributed by atoms with Crippen molar-refractivity contribution in [3.05, 3.63) is 35.4 Å². The molecule has 1 aromatic rings. The summed E-state index contributed by atoms with van der Waals surface area (Å²) >= 11 is 0. The Bertz CT molecular complexity index is 375. The Morgan fingerprint density at radius 3 is 2.27 bits per heavy atom. The van der Waals surface area contributed by atoms with E-state index in [4.69, 9.17) is 5.26 Å². The molecule has 1 unspecified atom stereocenters. The molecule has 1 atom stereocenters. The number of nitriles is 1. The number of rotatable bonds is 3. The first kappa shape index (κ1) is 11.6. The van der Waals surface area contributed by atoms with Gasteiger partial charge in [-0.15, -0.1) is 0 Å². The van der Waals surface area contributed by atoms with Crippen LogP contribution < -0.4 is 0 Å². The molecule has 1 nitrogen and oxygen atoms in total. The average Bonchev–Trinajstić information content (AvgIpc) is 2.23. The van der Waals surface area contributed by atoms with E-state index in [0.29, 0.717) is 6.42 Å². The van der Waals surface area contributed by atoms with Crippen molar-refractivity contribution < 1.29 is 8.78 Å². The average molecular weight is 209 g/mol. The van der Waals surface area contributed by atoms with E-state index in [-0.39, 0.29) is 12.0 Å². The summed E-state index contributed by atoms with van der Waals surface area (Å²) in [7, 11) is 0. The van der Waals surface area contributed by atoms with E-state index in [1.807, 2.05) is 6.92 Å². The Balaban J connectivity index is 3.05. The number of nitrogens with zero attached hydrogens (tertiary/aromatic N) is 1. The predicted molar refractivity (Wildman–Crippen MR) is 54.1 cm³/mol. The Kier molecular flexibility index (Phi) is 3.41. The van der Waals surface area contributed by atoms with Gasteiger partial charge in [0.2, 0.25) is 0 Å². The van der Waals surface area contributed by atoms with Crippen molar-refractivity contribution in [2.45, 2.75) is 26.7 Å². The van der Waals surface area contributed by atoms with Crippen molar-refractivity contribution >= 4 is 0 Å². The van der Waals surface area contributed by atoms with Crippen molar-refractivity contribution in [3.8, 4) is 6.07 Å². The lowest BCUT2D eigenvalue weighted by Crippen LogP contribution is -2.17. The first-order valence-corrected chi connectivity index (χ1v) is 4.86. The third kappa shape index (κ3) is 2.53. The molecule has 3 heteroatoms. The third-order valence-corrected chi connectivity index (χ3v) is 2.68. The number of halogens is 2. The van der Waals surface area contributed by atoms with Crippen LogP contribution in [-0.4, -0.2) is 0 Å². The third-order valence-electron chi connectivity index (χ3n) is 2.68. The predicted octanol–water partition coefficient (Wildman–Crippen LogP) is 3.45. The van der Waals surface area contributed by atoms with Gasteiger partial charge in [0.05, 0.1) is 11.5 Å². The van der Waals surface area contributed by atoms with Crippen LogP contribution in [0, 0.1) is 28.4 Å². The van der Waals surface area contributed by atoms with Crippen LogP contribution in [0.15, 0.2) is 18.2 Å². The van der Waals surface area contributed by atoms with Gasteiger partial charge in [-0.3, -0.25) is 0 Å². The highest BCUT2D eigenvalue weighted by molar-refractivity contribution is 5.22. The van der Waals surface area contributed by atoms with Gasteiger partial charge >= 0.3 is 0 Å². The van der Waals surface area contributed by atoms with Crippen molar-refractivity contribution in [1.29, 1.82) is 5.26 Å². The molecule has 0 saturated heterocycles. The molecule has 0 N–H and O–H groups in total. The molecule has 1 rings (SSSR count). The van der Waals surface area contributed by atoms with E-state index in [1.54, 1.807) is 6.92 Å². The maximum Gasteiger partial charge on any atom is 0.129 e. The standard InChI is InChI=1S/C12H13F2N/c1-3-12(2,8-15)7-9-10(13)5-4-6-11(9)14/h4-6H,3,7H2,1-2H3. The number of hydrogen-bond donors (Lipinski definition) is 0. The zero-order chi connectivity index (χ0) is 11.5. The summed E-state index contributed by atoms with van der Waals surface area (Å²) in [6.07, 6.45) is 0.676. The molecule has 0 aliphatic heterocycles. The first-order chi connectivity index (χ1) is 7.02. The van der Waals surface area contributed by atoms with Gasteiger partial charge in [-0.25, -0.2) is 8.78 Å². The summed E-state index contributed by atoms with van der Waals surface area (Å²) < 4.78 is 26.6. The van der Waals surface area contributed by atoms with E-state index in [0.717, 1.165) is 0 Å². The fourth-order valence-corrected chi connectivity index (χ4v) is 1.33. The molecular weight excluding hydrogens is 196 g/mol. The van der Waals surface area contributed by atoms with Gasteiger partial charge < -0.3 is 0 Å². The van der Waals surface area contributed by atoms with Crippen molar-refractivity contribution in [2.24, 2.45) is 5.41 Å². The van der Waals surface area contributed by atoms with E-state index in [1.165, 1.54) is 18.2 Å². The summed E-state index contributed by atoms with van der Waals surface area (Å²) in [5, 5.41) is 8.93. The molecule has 1 aromatic carbocycles. The van der Waals surface area contributed by atoms with Crippen LogP contribution in [-0.2, 0) is 6.42 Å². The van der Waals surface area contributed by atoms with Crippen LogP contribution in [0.3, 0.4) is 0 Å². The largest absolute Gasteiger partial charge is 0.207 e. The lowest BCUT2D eigenvalue weighted by atomic mass is 9.82. The van der Waals surface area contributed by atoms with E-state index >= 15 is 0 Å². The Morgan fingerprint density at radius 1 is 1.33 bits per heavy atom. The topological polar surface area (TPSA) is 23.8 Å². The summed E-state index contributed by atoms with van der Waals surface area (Å²) in [5.41, 5.74) is -0.702. The molecule has 0 amide bonds. The molecule has 0 aromatic heterocycles. The molecule has 0 aliphatic carbocycles. The Labute approximate surface area is 88.3 Å². The van der Waals surface area contributed by atoms with Gasteiger partial charge in [-0.1, -0.05) is 13.0 Å². The Hall–Kier alpha value is -1.43. The SMILES string of the molecule is CCC(C)(C#N)Cc1c(F)cccc1F. The molecular formula is C12H13F2N. The molecule has 0 bridgehead atoms. The highest BCUT2D eigenvalue weighted by Crippen LogP contribution is 2.27. The highest BCUT2D eigenvalue weighted by Gasteiger charge is 2.25. The minimum atomic E-state index is -0.705. The molecule has 80 valence electrons. The van der Waals surface area contributed by atoms with Gasteiger partial charge in [0.1, 0.15) is 11.6 Å². The Morgan fingerprint density at radius 2 is 1.87 bits per heavy atom. The molecule has 0 saturated carbocycles. The summed E-state index contributed by atoms with van der Waals surface area (Å²) in [6, 6.07) is 5.85. The van der Waals surface area contributed by atoms with Crippen LogP contribution in [0.1, 0.15) is 25.8 Å². The molecule has 0 heterocycles. The van der Waals surface area contributed by atoms with Crippen molar-refractivity contribution in [3.63, 3.8) is 0 Å². The first-order valence-electron chi connectivity index (χ1n) is 4.86. The molecule has 0 spiro atoms. The second-order valence-corrected chi connectivity index (χ2v) is 3.90. The quantitative estimate of drug-likeness (QED) is 0.748. The van der Waals surface area contributed by atoms with Crippen LogP contribution in [0.5, 0.6) is 0 Å².